The van der Waals surface area contributed by atoms with Gasteiger partial charge in [0.2, 0.25) is 0 Å². The fourth-order valence-electron chi connectivity index (χ4n) is 1.03. The molecule has 0 rings (SSSR count). The van der Waals surface area contributed by atoms with Crippen LogP contribution in [0.2, 0.25) is 0 Å². The molecule has 0 aromatic heterocycles. The Kier molecular flexibility index (Phi) is 8.92. The van der Waals surface area contributed by atoms with Crippen molar-refractivity contribution in [1.29, 1.82) is 0 Å². The Bertz CT molecular complexity index is 44.7. The number of unbranched alkanes of at least 4 members (excludes halogenated alkanes) is 5. The minimum Gasteiger partial charge on any atom is -0.385 e. The second-order valence-corrected chi connectivity index (χ2v) is 2.76. The van der Waals surface area contributed by atoms with E-state index in [1.54, 1.807) is 7.11 Å². The van der Waals surface area contributed by atoms with Crippen molar-refractivity contribution in [2.24, 2.45) is 0 Å². The highest BCUT2D eigenvalue weighted by Gasteiger charge is 1.87. The van der Waals surface area contributed by atoms with Crippen molar-refractivity contribution < 1.29 is 4.74 Å². The monoisotopic (exact) mass is 144 g/mol. The lowest BCUT2D eigenvalue weighted by atomic mass is 10.1. The molecule has 0 atom stereocenters. The Morgan fingerprint density at radius 2 is 1.50 bits per heavy atom. The number of rotatable bonds is 7. The van der Waals surface area contributed by atoms with Crippen molar-refractivity contribution in [2.75, 3.05) is 13.7 Å². The number of hydrogen-bond acceptors (Lipinski definition) is 1. The Labute approximate surface area is 64.8 Å². The van der Waals surface area contributed by atoms with Gasteiger partial charge in [-0.1, -0.05) is 39.0 Å². The zero-order chi connectivity index (χ0) is 7.66. The van der Waals surface area contributed by atoms with E-state index in [0.29, 0.717) is 0 Å². The molecular weight excluding hydrogens is 124 g/mol. The summed E-state index contributed by atoms with van der Waals surface area (Å²) < 4.78 is 4.95. The van der Waals surface area contributed by atoms with Crippen molar-refractivity contribution in [1.82, 2.24) is 0 Å². The van der Waals surface area contributed by atoms with Gasteiger partial charge in [-0.2, -0.15) is 0 Å². The molecule has 0 aromatic carbocycles. The summed E-state index contributed by atoms with van der Waals surface area (Å²) >= 11 is 0. The largest absolute Gasteiger partial charge is 0.385 e. The highest BCUT2D eigenvalue weighted by molar-refractivity contribution is 4.42. The van der Waals surface area contributed by atoms with Crippen LogP contribution in [0.15, 0.2) is 0 Å². The third-order valence-corrected chi connectivity index (χ3v) is 1.70. The third-order valence-electron chi connectivity index (χ3n) is 1.70. The molecule has 0 bridgehead atoms. The molecule has 0 aliphatic heterocycles. The second-order valence-electron chi connectivity index (χ2n) is 2.76. The lowest BCUT2D eigenvalue weighted by molar-refractivity contribution is 0.192. The van der Waals surface area contributed by atoms with Gasteiger partial charge >= 0.3 is 0 Å². The molecule has 0 N–H and O–H groups in total. The van der Waals surface area contributed by atoms with E-state index in [0.717, 1.165) is 6.61 Å². The standard InChI is InChI=1S/C9H20O/c1-3-4-5-6-7-8-9-10-2/h3-9H2,1-2H3. The van der Waals surface area contributed by atoms with Crippen LogP contribution in [-0.2, 0) is 4.74 Å². The maximum atomic E-state index is 4.95. The zero-order valence-electron chi connectivity index (χ0n) is 7.36. The van der Waals surface area contributed by atoms with Gasteiger partial charge in [0.05, 0.1) is 0 Å². The number of hydrogen-bond donors (Lipinski definition) is 0. The Hall–Kier alpha value is -0.0400. The minimum absolute atomic E-state index is 0.937. The van der Waals surface area contributed by atoms with Crippen LogP contribution in [0.25, 0.3) is 0 Å². The zero-order valence-corrected chi connectivity index (χ0v) is 7.36. The van der Waals surface area contributed by atoms with Crippen molar-refractivity contribution >= 4 is 0 Å². The van der Waals surface area contributed by atoms with Gasteiger partial charge in [-0.05, 0) is 6.42 Å². The summed E-state index contributed by atoms with van der Waals surface area (Å²) in [4.78, 5) is 0. The maximum absolute atomic E-state index is 4.95. The van der Waals surface area contributed by atoms with Crippen molar-refractivity contribution in [3.8, 4) is 0 Å². The summed E-state index contributed by atoms with van der Waals surface area (Å²) in [5.74, 6) is 0. The van der Waals surface area contributed by atoms with Gasteiger partial charge in [-0.3, -0.25) is 0 Å². The van der Waals surface area contributed by atoms with E-state index in [4.69, 9.17) is 4.74 Å². The summed E-state index contributed by atoms with van der Waals surface area (Å²) in [7, 11) is 1.77. The molecule has 0 unspecified atom stereocenters. The van der Waals surface area contributed by atoms with Gasteiger partial charge in [0.1, 0.15) is 0 Å². The molecule has 0 radical (unpaired) electrons. The van der Waals surface area contributed by atoms with Gasteiger partial charge in [-0.25, -0.2) is 0 Å². The smallest absolute Gasteiger partial charge is 0.0462 e. The molecule has 0 saturated heterocycles. The summed E-state index contributed by atoms with van der Waals surface area (Å²) in [5, 5.41) is 0. The lowest BCUT2D eigenvalue weighted by Crippen LogP contribution is -1.87. The first-order valence-electron chi connectivity index (χ1n) is 4.40. The molecule has 0 aromatic rings. The molecule has 0 amide bonds. The summed E-state index contributed by atoms with van der Waals surface area (Å²) in [6.07, 6.45) is 8.10. The van der Waals surface area contributed by atoms with Crippen LogP contribution in [0.3, 0.4) is 0 Å². The molecule has 0 fully saturated rings. The molecule has 0 heterocycles. The van der Waals surface area contributed by atoms with E-state index in [9.17, 15) is 0 Å². The lowest BCUT2D eigenvalue weighted by Gasteiger charge is -1.98. The molecule has 0 aliphatic rings. The highest BCUT2D eigenvalue weighted by Crippen LogP contribution is 2.04. The molecule has 0 aliphatic carbocycles. The van der Waals surface area contributed by atoms with Crippen LogP contribution in [0.5, 0.6) is 0 Å². The van der Waals surface area contributed by atoms with Gasteiger partial charge in [0.25, 0.3) is 0 Å². The number of methoxy groups -OCH3 is 1. The minimum atomic E-state index is 0.937. The van der Waals surface area contributed by atoms with E-state index < -0.39 is 0 Å². The SMILES string of the molecule is CCCCCCCCOC. The van der Waals surface area contributed by atoms with Crippen molar-refractivity contribution in [3.05, 3.63) is 0 Å². The molecule has 0 spiro atoms. The molecule has 1 nitrogen and oxygen atoms in total. The average Bonchev–Trinajstić information content (AvgIpc) is 1.97. The molecule has 0 saturated carbocycles. The van der Waals surface area contributed by atoms with Gasteiger partial charge in [-0.15, -0.1) is 0 Å². The van der Waals surface area contributed by atoms with Crippen LogP contribution >= 0.6 is 0 Å². The topological polar surface area (TPSA) is 9.23 Å². The van der Waals surface area contributed by atoms with E-state index in [2.05, 4.69) is 6.92 Å². The van der Waals surface area contributed by atoms with Crippen LogP contribution in [-0.4, -0.2) is 13.7 Å². The predicted molar refractivity (Wildman–Crippen MR) is 45.3 cm³/mol. The third kappa shape index (κ3) is 7.96. The quantitative estimate of drug-likeness (QED) is 0.499. The normalized spacial score (nSPS) is 10.2. The number of ether oxygens (including phenoxy) is 1. The second kappa shape index (κ2) is 8.96. The highest BCUT2D eigenvalue weighted by atomic mass is 16.5. The maximum Gasteiger partial charge on any atom is 0.0462 e. The van der Waals surface area contributed by atoms with Crippen molar-refractivity contribution in [3.63, 3.8) is 0 Å². The van der Waals surface area contributed by atoms with E-state index in [-0.39, 0.29) is 0 Å². The Morgan fingerprint density at radius 1 is 0.900 bits per heavy atom. The van der Waals surface area contributed by atoms with Crippen LogP contribution in [0.1, 0.15) is 45.4 Å². The fraction of sp³-hybridized carbons (Fsp3) is 1.00. The van der Waals surface area contributed by atoms with E-state index >= 15 is 0 Å². The van der Waals surface area contributed by atoms with Gasteiger partial charge in [0.15, 0.2) is 0 Å². The Morgan fingerprint density at radius 3 is 2.10 bits per heavy atom. The molecular formula is C9H20O. The van der Waals surface area contributed by atoms with E-state index in [1.165, 1.54) is 38.5 Å². The average molecular weight is 144 g/mol. The van der Waals surface area contributed by atoms with Crippen LogP contribution in [0.4, 0.5) is 0 Å². The fourth-order valence-corrected chi connectivity index (χ4v) is 1.03. The van der Waals surface area contributed by atoms with Crippen LogP contribution < -0.4 is 0 Å². The van der Waals surface area contributed by atoms with E-state index in [1.807, 2.05) is 0 Å². The van der Waals surface area contributed by atoms with Gasteiger partial charge < -0.3 is 4.74 Å². The molecule has 62 valence electrons. The first-order chi connectivity index (χ1) is 4.91. The summed E-state index contributed by atoms with van der Waals surface area (Å²) in [6, 6.07) is 0. The summed E-state index contributed by atoms with van der Waals surface area (Å²) in [5.41, 5.74) is 0. The summed E-state index contributed by atoms with van der Waals surface area (Å²) in [6.45, 7) is 3.18. The van der Waals surface area contributed by atoms with Crippen LogP contribution in [0, 0.1) is 0 Å². The van der Waals surface area contributed by atoms with Gasteiger partial charge in [0, 0.05) is 13.7 Å². The Balaban J connectivity index is 2.65. The van der Waals surface area contributed by atoms with Crippen molar-refractivity contribution in [2.45, 2.75) is 45.4 Å². The first kappa shape index (κ1) is 9.96. The molecule has 1 heteroatoms. The molecule has 10 heavy (non-hydrogen) atoms. The predicted octanol–water partition coefficient (Wildman–Crippen LogP) is 2.99. The first-order valence-corrected chi connectivity index (χ1v) is 4.40.